The van der Waals surface area contributed by atoms with E-state index >= 15 is 0 Å². The minimum atomic E-state index is 0.137. The van der Waals surface area contributed by atoms with Crippen LogP contribution in [-0.4, -0.2) is 28.9 Å². The molecule has 0 aliphatic rings. The average molecular weight is 321 g/mol. The van der Waals surface area contributed by atoms with Gasteiger partial charge in [0.05, 0.1) is 17.6 Å². The molecule has 1 aromatic heterocycles. The molecule has 0 saturated heterocycles. The van der Waals surface area contributed by atoms with Gasteiger partial charge in [-0.2, -0.15) is 0 Å². The highest BCUT2D eigenvalue weighted by Crippen LogP contribution is 2.29. The Labute approximate surface area is 142 Å². The highest BCUT2D eigenvalue weighted by Gasteiger charge is 2.13. The first kappa shape index (κ1) is 16.1. The fourth-order valence-electron chi connectivity index (χ4n) is 3.07. The van der Waals surface area contributed by atoms with Gasteiger partial charge >= 0.3 is 0 Å². The van der Waals surface area contributed by atoms with Gasteiger partial charge in [-0.1, -0.05) is 30.3 Å². The molecule has 4 nitrogen and oxygen atoms in total. The Morgan fingerprint density at radius 3 is 2.46 bits per heavy atom. The molecule has 0 atom stereocenters. The van der Waals surface area contributed by atoms with E-state index in [1.54, 1.807) is 0 Å². The van der Waals surface area contributed by atoms with Crippen LogP contribution in [0, 0.1) is 0 Å². The zero-order valence-corrected chi connectivity index (χ0v) is 14.2. The van der Waals surface area contributed by atoms with Crippen LogP contribution >= 0.6 is 0 Å². The molecular weight excluding hydrogens is 298 g/mol. The second kappa shape index (κ2) is 6.79. The molecule has 3 rings (SSSR count). The van der Waals surface area contributed by atoms with E-state index in [4.69, 9.17) is 5.73 Å². The lowest BCUT2D eigenvalue weighted by Gasteiger charge is -2.18. The number of nitrogen functional groups attached to an aromatic ring is 1. The van der Waals surface area contributed by atoms with Crippen LogP contribution in [0.3, 0.4) is 0 Å². The lowest BCUT2D eigenvalue weighted by molar-refractivity contribution is -0.130. The number of nitrogens with two attached hydrogens (primary N) is 1. The maximum absolute atomic E-state index is 12.3. The molecule has 0 unspecified atom stereocenters. The zero-order valence-electron chi connectivity index (χ0n) is 14.2. The van der Waals surface area contributed by atoms with Crippen LogP contribution in [-0.2, 0) is 11.2 Å². The van der Waals surface area contributed by atoms with Gasteiger partial charge in [-0.25, -0.2) is 0 Å². The van der Waals surface area contributed by atoms with Crippen LogP contribution < -0.4 is 5.73 Å². The van der Waals surface area contributed by atoms with Crippen LogP contribution in [0.15, 0.2) is 48.5 Å². The van der Waals surface area contributed by atoms with E-state index in [2.05, 4.69) is 29.2 Å². The maximum Gasteiger partial charge on any atom is 0.226 e. The summed E-state index contributed by atoms with van der Waals surface area (Å²) in [7, 11) is 0. The normalized spacial score (nSPS) is 10.9. The number of nitrogens with one attached hydrogen (secondary N) is 1. The summed E-state index contributed by atoms with van der Waals surface area (Å²) in [5.41, 5.74) is 10.9. The van der Waals surface area contributed by atoms with Crippen molar-refractivity contribution in [2.24, 2.45) is 0 Å². The monoisotopic (exact) mass is 321 g/mol. The number of benzene rings is 2. The van der Waals surface area contributed by atoms with E-state index in [0.29, 0.717) is 12.1 Å². The van der Waals surface area contributed by atoms with Crippen LogP contribution in [0.1, 0.15) is 19.4 Å². The van der Waals surface area contributed by atoms with E-state index in [-0.39, 0.29) is 5.91 Å². The predicted octanol–water partition coefficient (Wildman–Crippen LogP) is 3.83. The fourth-order valence-corrected chi connectivity index (χ4v) is 3.07. The Morgan fingerprint density at radius 2 is 1.79 bits per heavy atom. The zero-order chi connectivity index (χ0) is 17.1. The summed E-state index contributed by atoms with van der Waals surface area (Å²) in [5, 5.41) is 1.04. The van der Waals surface area contributed by atoms with Gasteiger partial charge in [0.1, 0.15) is 0 Å². The standard InChI is InChI=1S/C20H23N3O/c1-3-23(4-2)19(24)12-14-10-16-13-18(15-8-6-5-7-9-15)22-20(16)17(21)11-14/h5-11,13,22H,3-4,12,21H2,1-2H3. The summed E-state index contributed by atoms with van der Waals surface area (Å²) in [4.78, 5) is 17.6. The summed E-state index contributed by atoms with van der Waals surface area (Å²) < 4.78 is 0. The van der Waals surface area contributed by atoms with Crippen molar-refractivity contribution >= 4 is 22.5 Å². The number of nitrogens with zero attached hydrogens (tertiary/aromatic N) is 1. The Hall–Kier alpha value is -2.75. The second-order valence-corrected chi connectivity index (χ2v) is 5.94. The number of carbonyl (C=O) groups is 1. The molecule has 0 saturated carbocycles. The molecule has 1 amide bonds. The molecule has 1 heterocycles. The van der Waals surface area contributed by atoms with Crippen molar-refractivity contribution in [2.75, 3.05) is 18.8 Å². The van der Waals surface area contributed by atoms with Crippen LogP contribution in [0.4, 0.5) is 5.69 Å². The number of likely N-dealkylation sites (N-methyl/N-ethyl adjacent to an activating group) is 1. The minimum absolute atomic E-state index is 0.137. The van der Waals surface area contributed by atoms with Gasteiger partial charge in [-0.15, -0.1) is 0 Å². The number of carbonyl (C=O) groups excluding carboxylic acids is 1. The Kier molecular flexibility index (Phi) is 4.56. The number of amides is 1. The third-order valence-corrected chi connectivity index (χ3v) is 4.37. The number of hydrogen-bond donors (Lipinski definition) is 2. The number of H-pyrrole nitrogens is 1. The summed E-state index contributed by atoms with van der Waals surface area (Å²) >= 11 is 0. The van der Waals surface area contributed by atoms with Crippen molar-refractivity contribution in [2.45, 2.75) is 20.3 Å². The molecule has 4 heteroatoms. The molecule has 0 spiro atoms. The smallest absolute Gasteiger partial charge is 0.226 e. The number of fused-ring (bicyclic) bond motifs is 1. The van der Waals surface area contributed by atoms with E-state index in [1.807, 2.05) is 43.0 Å². The SMILES string of the molecule is CCN(CC)C(=O)Cc1cc(N)c2[nH]c(-c3ccccc3)cc2c1. The fraction of sp³-hybridized carbons (Fsp3) is 0.250. The molecule has 124 valence electrons. The highest BCUT2D eigenvalue weighted by atomic mass is 16.2. The quantitative estimate of drug-likeness (QED) is 0.702. The average Bonchev–Trinajstić information content (AvgIpc) is 3.01. The van der Waals surface area contributed by atoms with Crippen LogP contribution in [0.2, 0.25) is 0 Å². The van der Waals surface area contributed by atoms with E-state index in [9.17, 15) is 4.79 Å². The van der Waals surface area contributed by atoms with Crippen molar-refractivity contribution in [3.8, 4) is 11.3 Å². The first-order valence-corrected chi connectivity index (χ1v) is 8.36. The highest BCUT2D eigenvalue weighted by molar-refractivity contribution is 5.95. The number of rotatable bonds is 5. The van der Waals surface area contributed by atoms with E-state index in [0.717, 1.165) is 40.8 Å². The van der Waals surface area contributed by atoms with Gasteiger partial charge in [0, 0.05) is 24.2 Å². The third kappa shape index (κ3) is 3.13. The Bertz CT molecular complexity index is 848. The Morgan fingerprint density at radius 1 is 1.08 bits per heavy atom. The summed E-state index contributed by atoms with van der Waals surface area (Å²) in [6.07, 6.45) is 0.383. The third-order valence-electron chi connectivity index (χ3n) is 4.37. The minimum Gasteiger partial charge on any atom is -0.397 e. The van der Waals surface area contributed by atoms with E-state index in [1.165, 1.54) is 0 Å². The van der Waals surface area contributed by atoms with Gasteiger partial charge in [0.25, 0.3) is 0 Å². The molecule has 0 radical (unpaired) electrons. The molecule has 2 aromatic carbocycles. The van der Waals surface area contributed by atoms with Gasteiger partial charge < -0.3 is 15.6 Å². The molecule has 0 bridgehead atoms. The number of aromatic amines is 1. The second-order valence-electron chi connectivity index (χ2n) is 5.94. The van der Waals surface area contributed by atoms with Crippen molar-refractivity contribution in [3.63, 3.8) is 0 Å². The number of hydrogen-bond acceptors (Lipinski definition) is 2. The predicted molar refractivity (Wildman–Crippen MR) is 99.8 cm³/mol. The molecule has 3 aromatic rings. The molecular formula is C20H23N3O. The molecule has 24 heavy (non-hydrogen) atoms. The lowest BCUT2D eigenvalue weighted by Crippen LogP contribution is -2.31. The molecule has 0 aliphatic carbocycles. The number of anilines is 1. The van der Waals surface area contributed by atoms with Crippen molar-refractivity contribution in [3.05, 3.63) is 54.1 Å². The van der Waals surface area contributed by atoms with Crippen molar-refractivity contribution in [1.82, 2.24) is 9.88 Å². The van der Waals surface area contributed by atoms with Crippen molar-refractivity contribution < 1.29 is 4.79 Å². The largest absolute Gasteiger partial charge is 0.397 e. The molecule has 0 aliphatic heterocycles. The first-order valence-electron chi connectivity index (χ1n) is 8.36. The van der Waals surface area contributed by atoms with Gasteiger partial charge in [0.15, 0.2) is 0 Å². The van der Waals surface area contributed by atoms with Crippen LogP contribution in [0.25, 0.3) is 22.2 Å². The topological polar surface area (TPSA) is 62.1 Å². The van der Waals surface area contributed by atoms with Crippen molar-refractivity contribution in [1.29, 1.82) is 0 Å². The maximum atomic E-state index is 12.3. The first-order chi connectivity index (χ1) is 11.6. The van der Waals surface area contributed by atoms with Crippen LogP contribution in [0.5, 0.6) is 0 Å². The Balaban J connectivity index is 1.94. The van der Waals surface area contributed by atoms with Gasteiger partial charge in [-0.05, 0) is 43.2 Å². The summed E-state index contributed by atoms with van der Waals surface area (Å²) in [5.74, 6) is 0.137. The summed E-state index contributed by atoms with van der Waals surface area (Å²) in [6, 6.07) is 16.2. The van der Waals surface area contributed by atoms with Gasteiger partial charge in [0.2, 0.25) is 5.91 Å². The number of aromatic nitrogens is 1. The molecule has 3 N–H and O–H groups in total. The van der Waals surface area contributed by atoms with Gasteiger partial charge in [-0.3, -0.25) is 4.79 Å². The van der Waals surface area contributed by atoms with E-state index < -0.39 is 0 Å². The lowest BCUT2D eigenvalue weighted by atomic mass is 10.1. The summed E-state index contributed by atoms with van der Waals surface area (Å²) in [6.45, 7) is 5.46. The molecule has 0 fully saturated rings.